The number of quaternary nitrogens is 1. The van der Waals surface area contributed by atoms with E-state index in [1.165, 1.54) is 16.2 Å². The number of methoxy groups -OCH3 is 1. The van der Waals surface area contributed by atoms with E-state index in [9.17, 15) is 14.7 Å². The minimum absolute atomic E-state index is 0.144. The van der Waals surface area contributed by atoms with Gasteiger partial charge in [-0.15, -0.1) is 11.3 Å². The molecule has 148 valence electrons. The Balaban J connectivity index is 2.10. The molecule has 1 saturated heterocycles. The first kappa shape index (κ1) is 20.1. The topological polar surface area (TPSA) is 71.3 Å². The van der Waals surface area contributed by atoms with Gasteiger partial charge in [-0.05, 0) is 42.1 Å². The number of carbonyl (C=O) groups is 2. The normalized spacial score (nSPS) is 18.9. The minimum Gasteiger partial charge on any atom is -0.507 e. The molecule has 0 unspecified atom stereocenters. The Labute approximate surface area is 168 Å². The van der Waals surface area contributed by atoms with E-state index in [-0.39, 0.29) is 11.3 Å². The van der Waals surface area contributed by atoms with Crippen LogP contribution < -0.4 is 9.64 Å². The van der Waals surface area contributed by atoms with Crippen LogP contribution >= 0.6 is 11.3 Å². The lowest BCUT2D eigenvalue weighted by Crippen LogP contribution is -3.06. The minimum atomic E-state index is -0.641. The summed E-state index contributed by atoms with van der Waals surface area (Å²) >= 11 is 1.47. The number of nitrogens with one attached hydrogen (secondary N) is 1. The molecule has 7 heteroatoms. The average Bonchev–Trinajstić information content (AvgIpc) is 3.27. The lowest BCUT2D eigenvalue weighted by Gasteiger charge is -2.24. The molecule has 1 amide bonds. The number of carbonyl (C=O) groups excluding carboxylic acids is 2. The molecule has 2 aromatic rings. The number of Topliss-reactive ketones (excluding diaryl/α,β-unsaturated/α-hetero) is 1. The molecule has 0 saturated carbocycles. The van der Waals surface area contributed by atoms with Crippen LogP contribution in [0.5, 0.6) is 5.75 Å². The third kappa shape index (κ3) is 3.68. The number of likely N-dealkylation sites (tertiary alicyclic amines) is 1. The highest BCUT2D eigenvalue weighted by atomic mass is 32.1. The van der Waals surface area contributed by atoms with Gasteiger partial charge in [0.2, 0.25) is 0 Å². The smallest absolute Gasteiger partial charge is 0.295 e. The summed E-state index contributed by atoms with van der Waals surface area (Å²) in [6, 6.07) is 8.41. The molecule has 1 atom stereocenters. The summed E-state index contributed by atoms with van der Waals surface area (Å²) in [5, 5.41) is 12.9. The summed E-state index contributed by atoms with van der Waals surface area (Å²) in [6.45, 7) is 3.01. The Hall–Kier alpha value is -2.64. The molecule has 0 aliphatic carbocycles. The monoisotopic (exact) mass is 401 g/mol. The Morgan fingerprint density at radius 3 is 2.61 bits per heavy atom. The van der Waals surface area contributed by atoms with Gasteiger partial charge in [-0.2, -0.15) is 0 Å². The van der Waals surface area contributed by atoms with Crippen molar-refractivity contribution in [2.24, 2.45) is 0 Å². The maximum atomic E-state index is 12.9. The molecule has 3 rings (SSSR count). The van der Waals surface area contributed by atoms with Gasteiger partial charge in [0, 0.05) is 10.4 Å². The Morgan fingerprint density at radius 1 is 1.29 bits per heavy atom. The van der Waals surface area contributed by atoms with Gasteiger partial charge >= 0.3 is 0 Å². The van der Waals surface area contributed by atoms with Crippen molar-refractivity contribution in [3.8, 4) is 5.75 Å². The molecular formula is C21H25N2O4S+. The summed E-state index contributed by atoms with van der Waals surface area (Å²) in [6.07, 6.45) is 0. The van der Waals surface area contributed by atoms with Crippen molar-refractivity contribution in [1.29, 1.82) is 0 Å². The largest absolute Gasteiger partial charge is 0.507 e. The van der Waals surface area contributed by atoms with Crippen LogP contribution in [0.4, 0.5) is 0 Å². The number of aryl methyl sites for hydroxylation is 1. The number of amides is 1. The molecule has 1 aliphatic heterocycles. The van der Waals surface area contributed by atoms with E-state index in [1.807, 2.05) is 38.5 Å². The van der Waals surface area contributed by atoms with E-state index in [1.54, 1.807) is 30.2 Å². The first-order valence-corrected chi connectivity index (χ1v) is 9.99. The van der Waals surface area contributed by atoms with Gasteiger partial charge in [-0.1, -0.05) is 6.07 Å². The fraction of sp³-hybridized carbons (Fsp3) is 0.333. The molecule has 2 N–H and O–H groups in total. The molecule has 1 aromatic carbocycles. The lowest BCUT2D eigenvalue weighted by molar-refractivity contribution is -0.857. The van der Waals surface area contributed by atoms with Crippen LogP contribution in [0.2, 0.25) is 0 Å². The van der Waals surface area contributed by atoms with Gasteiger partial charge < -0.3 is 19.6 Å². The molecule has 0 radical (unpaired) electrons. The zero-order valence-corrected chi connectivity index (χ0v) is 17.3. The molecule has 28 heavy (non-hydrogen) atoms. The van der Waals surface area contributed by atoms with Gasteiger partial charge in [-0.25, -0.2) is 0 Å². The molecule has 1 aromatic heterocycles. The number of hydrogen-bond acceptors (Lipinski definition) is 5. The molecule has 2 heterocycles. The predicted molar refractivity (Wildman–Crippen MR) is 109 cm³/mol. The van der Waals surface area contributed by atoms with E-state index in [0.717, 1.165) is 10.4 Å². The molecule has 0 bridgehead atoms. The van der Waals surface area contributed by atoms with Crippen molar-refractivity contribution < 1.29 is 24.3 Å². The van der Waals surface area contributed by atoms with E-state index >= 15 is 0 Å². The highest BCUT2D eigenvalue weighted by Crippen LogP contribution is 2.41. The fourth-order valence-corrected chi connectivity index (χ4v) is 4.22. The van der Waals surface area contributed by atoms with Gasteiger partial charge in [-0.3, -0.25) is 9.59 Å². The van der Waals surface area contributed by atoms with Crippen molar-refractivity contribution in [1.82, 2.24) is 4.90 Å². The van der Waals surface area contributed by atoms with Crippen LogP contribution in [0.1, 0.15) is 22.0 Å². The first-order valence-electron chi connectivity index (χ1n) is 9.11. The van der Waals surface area contributed by atoms with Gasteiger partial charge in [0.05, 0.1) is 45.9 Å². The van der Waals surface area contributed by atoms with Crippen LogP contribution in [-0.2, 0) is 9.59 Å². The number of rotatable bonds is 6. The van der Waals surface area contributed by atoms with Gasteiger partial charge in [0.15, 0.2) is 0 Å². The van der Waals surface area contributed by atoms with Crippen LogP contribution in [0.15, 0.2) is 41.3 Å². The number of nitrogens with zero attached hydrogens (tertiary/aromatic N) is 1. The predicted octanol–water partition coefficient (Wildman–Crippen LogP) is 1.63. The van der Waals surface area contributed by atoms with E-state index in [2.05, 4.69) is 0 Å². The van der Waals surface area contributed by atoms with E-state index in [4.69, 9.17) is 4.74 Å². The van der Waals surface area contributed by atoms with E-state index in [0.29, 0.717) is 24.4 Å². The quantitative estimate of drug-likeness (QED) is 0.439. The van der Waals surface area contributed by atoms with Gasteiger partial charge in [0.1, 0.15) is 11.5 Å². The average molecular weight is 402 g/mol. The maximum Gasteiger partial charge on any atom is 0.295 e. The number of aliphatic hydroxyl groups is 1. The molecule has 1 aliphatic rings. The van der Waals surface area contributed by atoms with Crippen molar-refractivity contribution in [2.45, 2.75) is 13.0 Å². The molecule has 6 nitrogen and oxygen atoms in total. The van der Waals surface area contributed by atoms with Crippen LogP contribution in [0.3, 0.4) is 0 Å². The summed E-state index contributed by atoms with van der Waals surface area (Å²) in [5.41, 5.74) is 1.48. The van der Waals surface area contributed by atoms with Crippen LogP contribution in [0, 0.1) is 6.92 Å². The summed E-state index contributed by atoms with van der Waals surface area (Å²) in [5.74, 6) is -0.660. The number of likely N-dealkylation sites (N-methyl/N-ethyl adjacent to an activating group) is 1. The van der Waals surface area contributed by atoms with E-state index < -0.39 is 17.7 Å². The van der Waals surface area contributed by atoms with Crippen LogP contribution in [-0.4, -0.2) is 56.0 Å². The van der Waals surface area contributed by atoms with Crippen molar-refractivity contribution >= 4 is 28.8 Å². The van der Waals surface area contributed by atoms with Gasteiger partial charge in [0.25, 0.3) is 11.7 Å². The third-order valence-corrected chi connectivity index (χ3v) is 5.80. The molecule has 1 fully saturated rings. The first-order chi connectivity index (χ1) is 13.3. The second-order valence-electron chi connectivity index (χ2n) is 7.15. The Morgan fingerprint density at radius 2 is 2.04 bits per heavy atom. The second kappa shape index (κ2) is 8.16. The zero-order valence-electron chi connectivity index (χ0n) is 16.5. The molecular weight excluding hydrogens is 376 g/mol. The third-order valence-electron chi connectivity index (χ3n) is 4.87. The summed E-state index contributed by atoms with van der Waals surface area (Å²) in [4.78, 5) is 29.2. The second-order valence-corrected chi connectivity index (χ2v) is 8.13. The van der Waals surface area contributed by atoms with Crippen LogP contribution in [0.25, 0.3) is 5.76 Å². The summed E-state index contributed by atoms with van der Waals surface area (Å²) < 4.78 is 5.27. The summed E-state index contributed by atoms with van der Waals surface area (Å²) in [7, 11) is 5.57. The Bertz CT molecular complexity index is 918. The number of thiophene rings is 1. The van der Waals surface area contributed by atoms with Crippen molar-refractivity contribution in [3.05, 3.63) is 57.3 Å². The van der Waals surface area contributed by atoms with Crippen molar-refractivity contribution in [2.75, 3.05) is 34.3 Å². The SMILES string of the molecule is COc1ccc(C(O)=C2C(=O)C(=O)N(CC[NH+](C)C)[C@@H]2c2cccs2)cc1C. The number of benzene rings is 1. The standard InChI is InChI=1S/C21H24N2O4S/c1-13-12-14(7-8-15(13)27-4)19(24)17-18(16-6-5-11-28-16)23(10-9-22(2)3)21(26)20(17)25/h5-8,11-12,18,24H,9-10H2,1-4H3/p+1/t18-/m1/s1. The fourth-order valence-electron chi connectivity index (χ4n) is 3.38. The Kier molecular flexibility index (Phi) is 5.86. The van der Waals surface area contributed by atoms with Crippen molar-refractivity contribution in [3.63, 3.8) is 0 Å². The number of ketones is 1. The number of ether oxygens (including phenoxy) is 1. The zero-order chi connectivity index (χ0) is 20.4. The molecule has 0 spiro atoms. The number of aliphatic hydroxyl groups excluding tert-OH is 1. The lowest BCUT2D eigenvalue weighted by atomic mass is 9.99. The highest BCUT2D eigenvalue weighted by Gasteiger charge is 2.46. The maximum absolute atomic E-state index is 12.9. The number of hydrogen-bond donors (Lipinski definition) is 2. The highest BCUT2D eigenvalue weighted by molar-refractivity contribution is 7.10.